The Kier molecular flexibility index (Phi) is 5.62. The smallest absolute Gasteiger partial charge is 0.262 e. The van der Waals surface area contributed by atoms with Gasteiger partial charge in [-0.25, -0.2) is 17.2 Å². The van der Waals surface area contributed by atoms with E-state index in [1.807, 2.05) is 18.2 Å². The summed E-state index contributed by atoms with van der Waals surface area (Å²) in [6.07, 6.45) is 1.03. The molecular formula is C22H23F2N3O2S. The Morgan fingerprint density at radius 1 is 0.867 bits per heavy atom. The fourth-order valence-corrected chi connectivity index (χ4v) is 5.08. The van der Waals surface area contributed by atoms with E-state index in [-0.39, 0.29) is 10.6 Å². The number of fused-ring (bicyclic) bond motifs is 1. The zero-order valence-electron chi connectivity index (χ0n) is 16.6. The summed E-state index contributed by atoms with van der Waals surface area (Å²) in [5.41, 5.74) is 0.963. The maximum Gasteiger partial charge on any atom is 0.262 e. The van der Waals surface area contributed by atoms with Crippen LogP contribution in [0.25, 0.3) is 10.8 Å². The third-order valence-corrected chi connectivity index (χ3v) is 6.82. The highest BCUT2D eigenvalue weighted by Crippen LogP contribution is 2.33. The monoisotopic (exact) mass is 431 g/mol. The summed E-state index contributed by atoms with van der Waals surface area (Å²) in [6.45, 7) is 3.72. The van der Waals surface area contributed by atoms with Gasteiger partial charge in [0.15, 0.2) is 11.6 Å². The molecule has 1 fully saturated rings. The molecule has 8 heteroatoms. The Morgan fingerprint density at radius 3 is 2.40 bits per heavy atom. The van der Waals surface area contributed by atoms with Gasteiger partial charge in [-0.2, -0.15) is 0 Å². The lowest BCUT2D eigenvalue weighted by Gasteiger charge is -2.25. The van der Waals surface area contributed by atoms with E-state index in [0.29, 0.717) is 5.39 Å². The number of halogens is 2. The van der Waals surface area contributed by atoms with Crippen molar-refractivity contribution < 1.29 is 17.2 Å². The van der Waals surface area contributed by atoms with Crippen molar-refractivity contribution in [1.29, 1.82) is 0 Å². The van der Waals surface area contributed by atoms with Crippen LogP contribution in [0.4, 0.5) is 20.2 Å². The van der Waals surface area contributed by atoms with Crippen LogP contribution in [0.2, 0.25) is 0 Å². The van der Waals surface area contributed by atoms with Crippen LogP contribution in [0.15, 0.2) is 59.5 Å². The molecule has 1 heterocycles. The minimum absolute atomic E-state index is 0.0300. The molecule has 158 valence electrons. The predicted octanol–water partition coefficient (Wildman–Crippen LogP) is 4.06. The third kappa shape index (κ3) is 4.11. The molecule has 3 aromatic carbocycles. The van der Waals surface area contributed by atoms with Crippen LogP contribution < -0.4 is 9.62 Å². The highest BCUT2D eigenvalue weighted by Gasteiger charge is 2.22. The minimum atomic E-state index is -4.00. The van der Waals surface area contributed by atoms with Gasteiger partial charge in [0.05, 0.1) is 10.6 Å². The molecule has 0 aromatic heterocycles. The summed E-state index contributed by atoms with van der Waals surface area (Å²) in [6, 6.07) is 13.7. The van der Waals surface area contributed by atoms with Crippen molar-refractivity contribution in [2.45, 2.75) is 11.3 Å². The zero-order valence-corrected chi connectivity index (χ0v) is 17.4. The first kappa shape index (κ1) is 20.6. The lowest BCUT2D eigenvalue weighted by molar-refractivity contribution is 0.360. The number of rotatable bonds is 4. The summed E-state index contributed by atoms with van der Waals surface area (Å²) in [4.78, 5) is 4.66. The molecule has 0 amide bonds. The molecule has 0 aliphatic carbocycles. The molecule has 3 aromatic rings. The van der Waals surface area contributed by atoms with Crippen LogP contribution in [0, 0.1) is 11.6 Å². The van der Waals surface area contributed by atoms with Crippen LogP contribution >= 0.6 is 0 Å². The molecule has 1 saturated heterocycles. The molecule has 4 rings (SSSR count). The molecule has 5 nitrogen and oxygen atoms in total. The molecule has 0 saturated carbocycles. The topological polar surface area (TPSA) is 52.7 Å². The van der Waals surface area contributed by atoms with E-state index in [9.17, 15) is 17.2 Å². The number of nitrogens with one attached hydrogen (secondary N) is 1. The lowest BCUT2D eigenvalue weighted by Crippen LogP contribution is -2.29. The van der Waals surface area contributed by atoms with E-state index in [1.165, 1.54) is 6.07 Å². The van der Waals surface area contributed by atoms with E-state index < -0.39 is 21.7 Å². The standard InChI is InChI=1S/C22H23F2N3O2S/c1-26-11-4-12-27(14-13-26)21-9-10-22(18-6-3-2-5-17(18)21)30(28,29)25-16-7-8-19(23)20(24)15-16/h2-3,5-10,15,25H,4,11-14H2,1H3. The molecule has 1 N–H and O–H groups in total. The molecule has 0 radical (unpaired) electrons. The van der Waals surface area contributed by atoms with Crippen molar-refractivity contribution in [3.05, 3.63) is 66.2 Å². The van der Waals surface area contributed by atoms with Crippen LogP contribution in [0.3, 0.4) is 0 Å². The maximum atomic E-state index is 13.5. The van der Waals surface area contributed by atoms with Gasteiger partial charge >= 0.3 is 0 Å². The van der Waals surface area contributed by atoms with Crippen molar-refractivity contribution in [3.63, 3.8) is 0 Å². The second kappa shape index (κ2) is 8.20. The van der Waals surface area contributed by atoms with Gasteiger partial charge in [-0.15, -0.1) is 0 Å². The van der Waals surface area contributed by atoms with Crippen molar-refractivity contribution in [3.8, 4) is 0 Å². The highest BCUT2D eigenvalue weighted by molar-refractivity contribution is 7.93. The summed E-state index contributed by atoms with van der Waals surface area (Å²) in [5.74, 6) is -2.14. The van der Waals surface area contributed by atoms with Crippen molar-refractivity contribution in [2.75, 3.05) is 42.8 Å². The molecule has 1 aliphatic rings. The van der Waals surface area contributed by atoms with Gasteiger partial charge in [-0.3, -0.25) is 4.72 Å². The van der Waals surface area contributed by atoms with Crippen molar-refractivity contribution in [2.24, 2.45) is 0 Å². The molecule has 30 heavy (non-hydrogen) atoms. The Balaban J connectivity index is 1.74. The average Bonchev–Trinajstić information content (AvgIpc) is 2.94. The van der Waals surface area contributed by atoms with Gasteiger partial charge in [0.2, 0.25) is 0 Å². The SMILES string of the molecule is CN1CCCN(c2ccc(S(=O)(=O)Nc3ccc(F)c(F)c3)c3ccccc23)CC1. The first-order chi connectivity index (χ1) is 14.3. The molecule has 0 unspecified atom stereocenters. The average molecular weight is 432 g/mol. The Hall–Kier alpha value is -2.71. The molecular weight excluding hydrogens is 408 g/mol. The predicted molar refractivity (Wildman–Crippen MR) is 115 cm³/mol. The number of hydrogen-bond acceptors (Lipinski definition) is 4. The molecule has 0 spiro atoms. The Morgan fingerprint density at radius 2 is 1.63 bits per heavy atom. The van der Waals surface area contributed by atoms with Crippen LogP contribution in [-0.2, 0) is 10.0 Å². The second-order valence-electron chi connectivity index (χ2n) is 7.51. The Labute approximate surface area is 175 Å². The lowest BCUT2D eigenvalue weighted by atomic mass is 10.1. The minimum Gasteiger partial charge on any atom is -0.370 e. The van der Waals surface area contributed by atoms with E-state index in [1.54, 1.807) is 18.2 Å². The number of benzene rings is 3. The highest BCUT2D eigenvalue weighted by atomic mass is 32.2. The van der Waals surface area contributed by atoms with Gasteiger partial charge in [-0.05, 0) is 44.3 Å². The quantitative estimate of drug-likeness (QED) is 0.677. The second-order valence-corrected chi connectivity index (χ2v) is 9.16. The molecule has 0 bridgehead atoms. The van der Waals surface area contributed by atoms with E-state index >= 15 is 0 Å². The van der Waals surface area contributed by atoms with Crippen LogP contribution in [0.5, 0.6) is 0 Å². The number of hydrogen-bond donors (Lipinski definition) is 1. The summed E-state index contributed by atoms with van der Waals surface area (Å²) < 4.78 is 55.1. The van der Waals surface area contributed by atoms with E-state index in [4.69, 9.17) is 0 Å². The van der Waals surface area contributed by atoms with Gasteiger partial charge in [0, 0.05) is 42.2 Å². The number of anilines is 2. The summed E-state index contributed by atoms with van der Waals surface area (Å²) >= 11 is 0. The summed E-state index contributed by atoms with van der Waals surface area (Å²) in [7, 11) is -1.90. The third-order valence-electron chi connectivity index (χ3n) is 5.38. The molecule has 1 aliphatic heterocycles. The first-order valence-corrected chi connectivity index (χ1v) is 11.3. The number of likely N-dealkylation sites (N-methyl/N-ethyl adjacent to an activating group) is 1. The van der Waals surface area contributed by atoms with E-state index in [0.717, 1.165) is 55.8 Å². The zero-order chi connectivity index (χ0) is 21.3. The maximum absolute atomic E-state index is 13.5. The largest absolute Gasteiger partial charge is 0.370 e. The normalized spacial score (nSPS) is 15.9. The van der Waals surface area contributed by atoms with Crippen LogP contribution in [0.1, 0.15) is 6.42 Å². The van der Waals surface area contributed by atoms with Gasteiger partial charge in [-0.1, -0.05) is 24.3 Å². The fraction of sp³-hybridized carbons (Fsp3) is 0.273. The van der Waals surface area contributed by atoms with Crippen molar-refractivity contribution >= 4 is 32.2 Å². The number of sulfonamides is 1. The van der Waals surface area contributed by atoms with Gasteiger partial charge in [0.25, 0.3) is 10.0 Å². The van der Waals surface area contributed by atoms with Crippen molar-refractivity contribution in [1.82, 2.24) is 4.90 Å². The van der Waals surface area contributed by atoms with E-state index in [2.05, 4.69) is 21.6 Å². The fourth-order valence-electron chi connectivity index (χ4n) is 3.82. The summed E-state index contributed by atoms with van der Waals surface area (Å²) in [5, 5.41) is 1.43. The van der Waals surface area contributed by atoms with Gasteiger partial charge in [0.1, 0.15) is 0 Å². The Bertz CT molecular complexity index is 1180. The first-order valence-electron chi connectivity index (χ1n) is 9.78. The van der Waals surface area contributed by atoms with Crippen LogP contribution in [-0.4, -0.2) is 46.5 Å². The van der Waals surface area contributed by atoms with Gasteiger partial charge < -0.3 is 9.80 Å². The molecule has 0 atom stereocenters. The number of nitrogens with zero attached hydrogens (tertiary/aromatic N) is 2.